The molecule has 2 unspecified atom stereocenters. The summed E-state index contributed by atoms with van der Waals surface area (Å²) in [6, 6.07) is 3.61. The maximum atomic E-state index is 13.1. The van der Waals surface area contributed by atoms with Gasteiger partial charge in [0.2, 0.25) is 0 Å². The van der Waals surface area contributed by atoms with Crippen molar-refractivity contribution in [3.8, 4) is 0 Å². The van der Waals surface area contributed by atoms with E-state index in [0.717, 1.165) is 0 Å². The first-order valence-corrected chi connectivity index (χ1v) is 4.37. The molecule has 1 aromatic rings. The average molecular weight is 199 g/mol. The summed E-state index contributed by atoms with van der Waals surface area (Å²) in [5.74, 6) is -0.383. The van der Waals surface area contributed by atoms with E-state index in [1.54, 1.807) is 19.1 Å². The molecule has 4 N–H and O–H groups in total. The Labute approximate surface area is 82.0 Å². The van der Waals surface area contributed by atoms with Crippen molar-refractivity contribution in [1.29, 1.82) is 0 Å². The van der Waals surface area contributed by atoms with Gasteiger partial charge in [-0.3, -0.25) is 0 Å². The minimum absolute atomic E-state index is 0.337. The van der Waals surface area contributed by atoms with Crippen molar-refractivity contribution in [3.63, 3.8) is 0 Å². The van der Waals surface area contributed by atoms with Crippen LogP contribution in [0.25, 0.3) is 0 Å². The van der Waals surface area contributed by atoms with E-state index in [9.17, 15) is 9.50 Å². The largest absolute Gasteiger partial charge is 0.395 e. The van der Waals surface area contributed by atoms with Crippen LogP contribution in [0.15, 0.2) is 18.2 Å². The highest BCUT2D eigenvalue weighted by Crippen LogP contribution is 2.18. The van der Waals surface area contributed by atoms with Gasteiger partial charge in [0.05, 0.1) is 18.8 Å². The summed E-state index contributed by atoms with van der Waals surface area (Å²) < 4.78 is 13.1. The van der Waals surface area contributed by atoms with E-state index in [1.807, 2.05) is 0 Å². The molecule has 3 nitrogen and oxygen atoms in total. The van der Waals surface area contributed by atoms with Crippen LogP contribution >= 0.6 is 0 Å². The molecule has 2 atom stereocenters. The Balaban J connectivity index is 2.91. The first kappa shape index (κ1) is 11.1. The van der Waals surface area contributed by atoms with Crippen LogP contribution in [-0.2, 0) is 0 Å². The van der Waals surface area contributed by atoms with Crippen molar-refractivity contribution in [2.24, 2.45) is 5.73 Å². The zero-order chi connectivity index (χ0) is 10.7. The molecule has 0 bridgehead atoms. The van der Waals surface area contributed by atoms with E-state index < -0.39 is 12.1 Å². The van der Waals surface area contributed by atoms with Crippen molar-refractivity contribution in [2.45, 2.75) is 19.1 Å². The Morgan fingerprint density at radius 2 is 2.14 bits per heavy atom. The smallest absolute Gasteiger partial charge is 0.126 e. The average Bonchev–Trinajstić information content (AvgIpc) is 2.20. The number of halogens is 1. The molecule has 0 radical (unpaired) electrons. The van der Waals surface area contributed by atoms with Crippen molar-refractivity contribution in [3.05, 3.63) is 35.1 Å². The van der Waals surface area contributed by atoms with E-state index in [1.165, 1.54) is 6.07 Å². The summed E-state index contributed by atoms with van der Waals surface area (Å²) in [6.45, 7) is 1.30. The lowest BCUT2D eigenvalue weighted by atomic mass is 10.0. The van der Waals surface area contributed by atoms with Gasteiger partial charge < -0.3 is 15.9 Å². The zero-order valence-corrected chi connectivity index (χ0v) is 7.94. The Morgan fingerprint density at radius 3 is 2.64 bits per heavy atom. The molecule has 0 spiro atoms. The van der Waals surface area contributed by atoms with Gasteiger partial charge in [-0.05, 0) is 24.1 Å². The summed E-state index contributed by atoms with van der Waals surface area (Å²) in [7, 11) is 0. The van der Waals surface area contributed by atoms with E-state index >= 15 is 0 Å². The van der Waals surface area contributed by atoms with Gasteiger partial charge in [0.25, 0.3) is 0 Å². The minimum Gasteiger partial charge on any atom is -0.395 e. The van der Waals surface area contributed by atoms with Gasteiger partial charge in [-0.15, -0.1) is 0 Å². The summed E-state index contributed by atoms with van der Waals surface area (Å²) in [6.07, 6.45) is -1.03. The van der Waals surface area contributed by atoms with Crippen molar-refractivity contribution >= 4 is 0 Å². The summed E-state index contributed by atoms with van der Waals surface area (Å²) in [5, 5.41) is 18.3. The van der Waals surface area contributed by atoms with Gasteiger partial charge in [0.15, 0.2) is 0 Å². The van der Waals surface area contributed by atoms with Gasteiger partial charge in [0, 0.05) is 0 Å². The fourth-order valence-corrected chi connectivity index (χ4v) is 1.14. The molecule has 4 heteroatoms. The number of aryl methyl sites for hydroxylation is 1. The molecular formula is C10H14FNO2. The lowest BCUT2D eigenvalue weighted by molar-refractivity contribution is 0.109. The quantitative estimate of drug-likeness (QED) is 0.663. The highest BCUT2D eigenvalue weighted by Gasteiger charge is 2.16. The monoisotopic (exact) mass is 199 g/mol. The summed E-state index contributed by atoms with van der Waals surface area (Å²) >= 11 is 0. The predicted molar refractivity (Wildman–Crippen MR) is 51.2 cm³/mol. The third-order valence-electron chi connectivity index (χ3n) is 2.15. The number of hydrogen-bond donors (Lipinski definition) is 3. The standard InChI is InChI=1S/C10H14FNO2/c1-6-2-3-7(4-8(6)11)10(14)9(12)5-13/h2-4,9-10,13-14H,5,12H2,1H3. The zero-order valence-electron chi connectivity index (χ0n) is 7.94. The van der Waals surface area contributed by atoms with E-state index in [2.05, 4.69) is 0 Å². The molecule has 0 aliphatic rings. The number of benzene rings is 1. The van der Waals surface area contributed by atoms with E-state index in [4.69, 9.17) is 10.8 Å². The molecule has 78 valence electrons. The third-order valence-corrected chi connectivity index (χ3v) is 2.15. The summed E-state index contributed by atoms with van der Waals surface area (Å²) in [5.41, 5.74) is 6.31. The SMILES string of the molecule is Cc1ccc(C(O)C(N)CO)cc1F. The maximum Gasteiger partial charge on any atom is 0.126 e. The van der Waals surface area contributed by atoms with E-state index in [0.29, 0.717) is 11.1 Å². The van der Waals surface area contributed by atoms with Crippen LogP contribution in [0.3, 0.4) is 0 Å². The molecule has 1 rings (SSSR count). The molecular weight excluding hydrogens is 185 g/mol. The van der Waals surface area contributed by atoms with Crippen LogP contribution in [0.2, 0.25) is 0 Å². The topological polar surface area (TPSA) is 66.5 Å². The third kappa shape index (κ3) is 2.29. The maximum absolute atomic E-state index is 13.1. The number of aliphatic hydroxyl groups is 2. The molecule has 1 aromatic carbocycles. The first-order chi connectivity index (χ1) is 6.56. The van der Waals surface area contributed by atoms with Crippen LogP contribution in [0.5, 0.6) is 0 Å². The van der Waals surface area contributed by atoms with Gasteiger partial charge >= 0.3 is 0 Å². The van der Waals surface area contributed by atoms with Crippen LogP contribution in [0.1, 0.15) is 17.2 Å². The Kier molecular flexibility index (Phi) is 3.57. The fraction of sp³-hybridized carbons (Fsp3) is 0.400. The van der Waals surface area contributed by atoms with Gasteiger partial charge in [-0.1, -0.05) is 12.1 Å². The Hall–Kier alpha value is -0.970. The molecule has 0 aromatic heterocycles. The highest BCUT2D eigenvalue weighted by atomic mass is 19.1. The number of nitrogens with two attached hydrogens (primary N) is 1. The van der Waals surface area contributed by atoms with Crippen LogP contribution in [0, 0.1) is 12.7 Å². The van der Waals surface area contributed by atoms with Crippen molar-refractivity contribution in [2.75, 3.05) is 6.61 Å². The van der Waals surface area contributed by atoms with Gasteiger partial charge in [-0.2, -0.15) is 0 Å². The highest BCUT2D eigenvalue weighted by molar-refractivity contribution is 5.25. The number of hydrogen-bond acceptors (Lipinski definition) is 3. The van der Waals surface area contributed by atoms with Crippen LogP contribution in [-0.4, -0.2) is 22.9 Å². The molecule has 0 aliphatic heterocycles. The van der Waals surface area contributed by atoms with Gasteiger partial charge in [0.1, 0.15) is 5.82 Å². The molecule has 0 amide bonds. The molecule has 0 aliphatic carbocycles. The number of aliphatic hydroxyl groups excluding tert-OH is 2. The van der Waals surface area contributed by atoms with Crippen molar-refractivity contribution in [1.82, 2.24) is 0 Å². The molecule has 0 saturated heterocycles. The molecule has 0 saturated carbocycles. The Bertz CT molecular complexity index is 317. The lowest BCUT2D eigenvalue weighted by Crippen LogP contribution is -2.31. The molecule has 14 heavy (non-hydrogen) atoms. The molecule has 0 fully saturated rings. The molecule has 0 heterocycles. The second-order valence-corrected chi connectivity index (χ2v) is 3.30. The van der Waals surface area contributed by atoms with Gasteiger partial charge in [-0.25, -0.2) is 4.39 Å². The second-order valence-electron chi connectivity index (χ2n) is 3.30. The van der Waals surface area contributed by atoms with Crippen LogP contribution in [0.4, 0.5) is 4.39 Å². The van der Waals surface area contributed by atoms with Crippen LogP contribution < -0.4 is 5.73 Å². The fourth-order valence-electron chi connectivity index (χ4n) is 1.14. The first-order valence-electron chi connectivity index (χ1n) is 4.37. The lowest BCUT2D eigenvalue weighted by Gasteiger charge is -2.17. The van der Waals surface area contributed by atoms with Crippen molar-refractivity contribution < 1.29 is 14.6 Å². The summed E-state index contributed by atoms with van der Waals surface area (Å²) in [4.78, 5) is 0. The predicted octanol–water partition coefficient (Wildman–Crippen LogP) is 0.487. The number of rotatable bonds is 3. The van der Waals surface area contributed by atoms with E-state index in [-0.39, 0.29) is 12.4 Å². The normalized spacial score (nSPS) is 15.2. The second kappa shape index (κ2) is 4.50. The minimum atomic E-state index is -1.03. The Morgan fingerprint density at radius 1 is 1.50 bits per heavy atom.